The minimum Gasteiger partial charge on any atom is -0.325 e. The Morgan fingerprint density at radius 2 is 1.78 bits per heavy atom. The molecule has 0 atom stereocenters. The van der Waals surface area contributed by atoms with Crippen molar-refractivity contribution in [1.29, 1.82) is 0 Å². The van der Waals surface area contributed by atoms with Gasteiger partial charge in [0.15, 0.2) is 0 Å². The van der Waals surface area contributed by atoms with Gasteiger partial charge in [0.2, 0.25) is 15.9 Å². The van der Waals surface area contributed by atoms with Crippen LogP contribution in [-0.2, 0) is 14.8 Å². The van der Waals surface area contributed by atoms with E-state index in [0.29, 0.717) is 18.5 Å². The molecule has 0 aliphatic carbocycles. The second kappa shape index (κ2) is 8.08. The zero-order valence-corrected chi connectivity index (χ0v) is 17.2. The molecule has 144 valence electrons. The largest absolute Gasteiger partial charge is 0.325 e. The number of anilines is 1. The van der Waals surface area contributed by atoms with Crippen LogP contribution < -0.4 is 5.32 Å². The van der Waals surface area contributed by atoms with E-state index in [4.69, 9.17) is 0 Å². The molecule has 1 N–H and O–H groups in total. The number of nitrogens with zero attached hydrogens (tertiary/aromatic N) is 1. The third-order valence-corrected chi connectivity index (χ3v) is 7.23. The van der Waals surface area contributed by atoms with E-state index in [0.717, 1.165) is 22.2 Å². The van der Waals surface area contributed by atoms with Crippen molar-refractivity contribution < 1.29 is 17.6 Å². The molecule has 3 rings (SSSR count). The summed E-state index contributed by atoms with van der Waals surface area (Å²) in [6.07, 6.45) is 0.880. The van der Waals surface area contributed by atoms with Crippen LogP contribution in [-0.4, -0.2) is 31.7 Å². The quantitative estimate of drug-likeness (QED) is 0.760. The lowest BCUT2D eigenvalue weighted by atomic mass is 9.97. The maximum absolute atomic E-state index is 13.0. The third kappa shape index (κ3) is 4.56. The number of benzene rings is 2. The SMILES string of the molecule is Cc1ccc(NC(=O)C2CCN(S(=O)(=O)c3ccc(F)cc3)CC2)c(Br)c1. The summed E-state index contributed by atoms with van der Waals surface area (Å²) in [6.45, 7) is 2.48. The van der Waals surface area contributed by atoms with Gasteiger partial charge in [0.1, 0.15) is 5.82 Å². The number of halogens is 2. The molecule has 1 aliphatic rings. The van der Waals surface area contributed by atoms with E-state index in [-0.39, 0.29) is 29.8 Å². The first-order valence-electron chi connectivity index (χ1n) is 8.60. The number of piperidine rings is 1. The number of nitrogens with one attached hydrogen (secondary N) is 1. The fourth-order valence-corrected chi connectivity index (χ4v) is 5.13. The van der Waals surface area contributed by atoms with Crippen molar-refractivity contribution in [2.24, 2.45) is 5.92 Å². The lowest BCUT2D eigenvalue weighted by Crippen LogP contribution is -2.41. The standard InChI is InChI=1S/C19H20BrFN2O3S/c1-13-2-7-18(17(20)12-13)22-19(24)14-8-10-23(11-9-14)27(25,26)16-5-3-15(21)4-6-16/h2-7,12,14H,8-11H2,1H3,(H,22,24). The second-order valence-electron chi connectivity index (χ2n) is 6.60. The Morgan fingerprint density at radius 3 is 2.37 bits per heavy atom. The number of carbonyl (C=O) groups is 1. The van der Waals surface area contributed by atoms with Crippen LogP contribution in [0.1, 0.15) is 18.4 Å². The minimum atomic E-state index is -3.67. The Hall–Kier alpha value is -1.77. The van der Waals surface area contributed by atoms with Crippen LogP contribution in [0, 0.1) is 18.7 Å². The maximum Gasteiger partial charge on any atom is 0.243 e. The van der Waals surface area contributed by atoms with Crippen LogP contribution in [0.2, 0.25) is 0 Å². The van der Waals surface area contributed by atoms with E-state index < -0.39 is 15.8 Å². The molecule has 1 amide bonds. The van der Waals surface area contributed by atoms with Crippen LogP contribution in [0.4, 0.5) is 10.1 Å². The molecule has 5 nitrogen and oxygen atoms in total. The molecule has 0 radical (unpaired) electrons. The Kier molecular flexibility index (Phi) is 5.98. The number of sulfonamides is 1. The summed E-state index contributed by atoms with van der Waals surface area (Å²) in [6, 6.07) is 10.5. The lowest BCUT2D eigenvalue weighted by Gasteiger charge is -2.30. The predicted octanol–water partition coefficient (Wildman–Crippen LogP) is 3.94. The van der Waals surface area contributed by atoms with E-state index >= 15 is 0 Å². The maximum atomic E-state index is 13.0. The predicted molar refractivity (Wildman–Crippen MR) is 105 cm³/mol. The molecule has 27 heavy (non-hydrogen) atoms. The first-order chi connectivity index (χ1) is 12.8. The molecule has 0 unspecified atom stereocenters. The van der Waals surface area contributed by atoms with Gasteiger partial charge in [-0.15, -0.1) is 0 Å². The average Bonchev–Trinajstić information content (AvgIpc) is 2.64. The smallest absolute Gasteiger partial charge is 0.243 e. The Labute approximate surface area is 166 Å². The van der Waals surface area contributed by atoms with Crippen molar-refractivity contribution in [2.45, 2.75) is 24.7 Å². The van der Waals surface area contributed by atoms with Gasteiger partial charge >= 0.3 is 0 Å². The molecule has 0 aromatic heterocycles. The molecule has 1 fully saturated rings. The zero-order valence-electron chi connectivity index (χ0n) is 14.8. The van der Waals surface area contributed by atoms with Gasteiger partial charge in [0.05, 0.1) is 10.6 Å². The van der Waals surface area contributed by atoms with Gasteiger partial charge in [-0.2, -0.15) is 4.31 Å². The van der Waals surface area contributed by atoms with Gasteiger partial charge in [0, 0.05) is 23.5 Å². The van der Waals surface area contributed by atoms with Crippen molar-refractivity contribution in [3.63, 3.8) is 0 Å². The number of aryl methyl sites for hydroxylation is 1. The summed E-state index contributed by atoms with van der Waals surface area (Å²) in [7, 11) is -3.67. The van der Waals surface area contributed by atoms with Crippen LogP contribution in [0.5, 0.6) is 0 Å². The molecule has 2 aromatic carbocycles. The van der Waals surface area contributed by atoms with E-state index in [1.807, 2.05) is 25.1 Å². The summed E-state index contributed by atoms with van der Waals surface area (Å²) in [5, 5.41) is 2.90. The van der Waals surface area contributed by atoms with Crippen LogP contribution in [0.3, 0.4) is 0 Å². The number of hydrogen-bond acceptors (Lipinski definition) is 3. The first-order valence-corrected chi connectivity index (χ1v) is 10.8. The second-order valence-corrected chi connectivity index (χ2v) is 9.40. The summed E-state index contributed by atoms with van der Waals surface area (Å²) in [4.78, 5) is 12.6. The Morgan fingerprint density at radius 1 is 1.15 bits per heavy atom. The van der Waals surface area contributed by atoms with E-state index in [9.17, 15) is 17.6 Å². The molecule has 0 saturated carbocycles. The molecule has 1 aliphatic heterocycles. The van der Waals surface area contributed by atoms with Crippen molar-refractivity contribution in [1.82, 2.24) is 4.31 Å². The van der Waals surface area contributed by atoms with Crippen molar-refractivity contribution in [3.05, 3.63) is 58.3 Å². The highest BCUT2D eigenvalue weighted by Crippen LogP contribution is 2.27. The molecule has 1 heterocycles. The van der Waals surface area contributed by atoms with Gasteiger partial charge in [-0.1, -0.05) is 6.07 Å². The van der Waals surface area contributed by atoms with Crippen molar-refractivity contribution in [3.8, 4) is 0 Å². The average molecular weight is 455 g/mol. The van der Waals surface area contributed by atoms with Gasteiger partial charge in [0.25, 0.3) is 0 Å². The van der Waals surface area contributed by atoms with Gasteiger partial charge in [-0.25, -0.2) is 12.8 Å². The monoisotopic (exact) mass is 454 g/mol. The Balaban J connectivity index is 1.62. The summed E-state index contributed by atoms with van der Waals surface area (Å²) in [5.74, 6) is -0.845. The first kappa shape index (κ1) is 20.0. The molecular formula is C19H20BrFN2O3S. The fraction of sp³-hybridized carbons (Fsp3) is 0.316. The van der Waals surface area contributed by atoms with Gasteiger partial charge in [-0.3, -0.25) is 4.79 Å². The topological polar surface area (TPSA) is 66.5 Å². The molecule has 8 heteroatoms. The van der Waals surface area contributed by atoms with Gasteiger partial charge in [-0.05, 0) is 77.7 Å². The van der Waals surface area contributed by atoms with Crippen LogP contribution in [0.15, 0.2) is 51.8 Å². The molecular weight excluding hydrogens is 435 g/mol. The minimum absolute atomic E-state index is 0.0652. The molecule has 2 aromatic rings. The van der Waals surface area contributed by atoms with E-state index in [2.05, 4.69) is 21.2 Å². The van der Waals surface area contributed by atoms with Crippen LogP contribution in [0.25, 0.3) is 0 Å². The number of hydrogen-bond donors (Lipinski definition) is 1. The normalized spacial score (nSPS) is 16.3. The number of amides is 1. The third-order valence-electron chi connectivity index (χ3n) is 4.66. The summed E-state index contributed by atoms with van der Waals surface area (Å²) >= 11 is 3.44. The molecule has 0 spiro atoms. The highest BCUT2D eigenvalue weighted by atomic mass is 79.9. The highest BCUT2D eigenvalue weighted by Gasteiger charge is 2.32. The lowest BCUT2D eigenvalue weighted by molar-refractivity contribution is -0.120. The highest BCUT2D eigenvalue weighted by molar-refractivity contribution is 9.10. The van der Waals surface area contributed by atoms with Gasteiger partial charge < -0.3 is 5.32 Å². The fourth-order valence-electron chi connectivity index (χ4n) is 3.07. The zero-order chi connectivity index (χ0) is 19.6. The van der Waals surface area contributed by atoms with Crippen molar-refractivity contribution in [2.75, 3.05) is 18.4 Å². The van der Waals surface area contributed by atoms with E-state index in [1.54, 1.807) is 0 Å². The summed E-state index contributed by atoms with van der Waals surface area (Å²) < 4.78 is 40.5. The van der Waals surface area contributed by atoms with E-state index in [1.165, 1.54) is 16.4 Å². The molecule has 0 bridgehead atoms. The number of carbonyl (C=O) groups excluding carboxylic acids is 1. The van der Waals surface area contributed by atoms with Crippen LogP contribution >= 0.6 is 15.9 Å². The number of rotatable bonds is 4. The van der Waals surface area contributed by atoms with Crippen molar-refractivity contribution >= 4 is 37.5 Å². The Bertz CT molecular complexity index is 940. The summed E-state index contributed by atoms with van der Waals surface area (Å²) in [5.41, 5.74) is 1.78. The molecule has 1 saturated heterocycles.